The largest absolute Gasteiger partial charge is 0.508 e. The molecule has 0 saturated carbocycles. The van der Waals surface area contributed by atoms with Crippen LogP contribution >= 0.6 is 0 Å². The van der Waals surface area contributed by atoms with E-state index >= 15 is 0 Å². The van der Waals surface area contributed by atoms with Crippen LogP contribution in [0.4, 0.5) is 0 Å². The van der Waals surface area contributed by atoms with Gasteiger partial charge in [0.15, 0.2) is 11.5 Å². The zero-order valence-corrected chi connectivity index (χ0v) is 15.3. The van der Waals surface area contributed by atoms with E-state index in [0.717, 1.165) is 5.56 Å². The summed E-state index contributed by atoms with van der Waals surface area (Å²) in [5.74, 6) is -1.59. The van der Waals surface area contributed by atoms with Crippen LogP contribution in [0.15, 0.2) is 42.5 Å². The van der Waals surface area contributed by atoms with Gasteiger partial charge < -0.3 is 36.6 Å². The van der Waals surface area contributed by atoms with Crippen molar-refractivity contribution in [1.82, 2.24) is 0 Å². The Balaban J connectivity index is 0.000000283. The summed E-state index contributed by atoms with van der Waals surface area (Å²) in [4.78, 5) is 20.9. The number of carboxylic acid groups (broad SMARTS) is 2. The van der Waals surface area contributed by atoms with Gasteiger partial charge in [-0.3, -0.25) is 9.59 Å². The molecule has 0 amide bonds. The van der Waals surface area contributed by atoms with Gasteiger partial charge in [0, 0.05) is 0 Å². The predicted octanol–water partition coefficient (Wildman–Crippen LogP) is 0.702. The van der Waals surface area contributed by atoms with Gasteiger partial charge in [0.2, 0.25) is 0 Å². The maximum atomic E-state index is 10.5. The molecule has 0 bridgehead atoms. The fourth-order valence-electron chi connectivity index (χ4n) is 2.16. The first-order chi connectivity index (χ1) is 13.1. The smallest absolute Gasteiger partial charge is 0.320 e. The number of carboxylic acids is 2. The Bertz CT molecular complexity index is 793. The van der Waals surface area contributed by atoms with E-state index in [0.29, 0.717) is 11.3 Å². The fraction of sp³-hybridized carbons (Fsp3) is 0.263. The van der Waals surface area contributed by atoms with Crippen molar-refractivity contribution >= 4 is 11.9 Å². The highest BCUT2D eigenvalue weighted by Gasteiger charge is 2.13. The lowest BCUT2D eigenvalue weighted by molar-refractivity contribution is -0.139. The molecule has 152 valence electrons. The molecule has 2 rings (SSSR count). The Morgan fingerprint density at radius 1 is 0.893 bits per heavy atom. The highest BCUT2D eigenvalue weighted by Crippen LogP contribution is 2.26. The van der Waals surface area contributed by atoms with E-state index in [1.54, 1.807) is 24.3 Å². The van der Waals surface area contributed by atoms with E-state index in [9.17, 15) is 14.7 Å². The van der Waals surface area contributed by atoms with Crippen LogP contribution in [0.3, 0.4) is 0 Å². The number of aliphatic carboxylic acids is 2. The van der Waals surface area contributed by atoms with E-state index in [2.05, 4.69) is 0 Å². The molecule has 2 atom stereocenters. The molecular weight excluding hydrogens is 368 g/mol. The van der Waals surface area contributed by atoms with Gasteiger partial charge in [0.25, 0.3) is 0 Å². The fourth-order valence-corrected chi connectivity index (χ4v) is 2.16. The lowest BCUT2D eigenvalue weighted by Crippen LogP contribution is -2.32. The summed E-state index contributed by atoms with van der Waals surface area (Å²) in [6.07, 6.45) is 0.474. The summed E-state index contributed by atoms with van der Waals surface area (Å²) in [5, 5.41) is 35.4. The van der Waals surface area contributed by atoms with Crippen LogP contribution < -0.4 is 16.2 Å². The number of phenols is 2. The third-order valence-electron chi connectivity index (χ3n) is 3.73. The van der Waals surface area contributed by atoms with E-state index in [4.69, 9.17) is 31.5 Å². The molecule has 0 aromatic heterocycles. The number of benzene rings is 2. The first-order valence-corrected chi connectivity index (χ1v) is 8.24. The standard InChI is InChI=1S/C10H13NO4.C9H11NO3/c1-15-9-5-6(2-3-8(9)12)4-7(11)10(13)14;10-8(9(12)13)5-6-1-3-7(11)4-2-6/h2-3,5,7,12H,4,11H2,1H3,(H,13,14);1-4,8,11H,5,10H2,(H,12,13)/t7-;8-/m00/s1. The van der Waals surface area contributed by atoms with Gasteiger partial charge in [-0.2, -0.15) is 0 Å². The lowest BCUT2D eigenvalue weighted by atomic mass is 10.1. The van der Waals surface area contributed by atoms with E-state index in [-0.39, 0.29) is 24.3 Å². The van der Waals surface area contributed by atoms with Crippen molar-refractivity contribution in [3.63, 3.8) is 0 Å². The zero-order valence-electron chi connectivity index (χ0n) is 15.3. The molecule has 0 heterocycles. The summed E-state index contributed by atoms with van der Waals surface area (Å²) in [7, 11) is 1.43. The van der Waals surface area contributed by atoms with E-state index in [1.807, 2.05) is 0 Å². The molecule has 2 aromatic carbocycles. The third-order valence-corrected chi connectivity index (χ3v) is 3.73. The topological polar surface area (TPSA) is 176 Å². The highest BCUT2D eigenvalue weighted by molar-refractivity contribution is 5.74. The summed E-state index contributed by atoms with van der Waals surface area (Å²) >= 11 is 0. The van der Waals surface area contributed by atoms with Gasteiger partial charge in [-0.05, 0) is 48.2 Å². The van der Waals surface area contributed by atoms with Crippen molar-refractivity contribution in [3.8, 4) is 17.2 Å². The average molecular weight is 392 g/mol. The minimum atomic E-state index is -1.05. The molecule has 9 nitrogen and oxygen atoms in total. The van der Waals surface area contributed by atoms with E-state index in [1.165, 1.54) is 25.3 Å². The zero-order chi connectivity index (χ0) is 21.3. The average Bonchev–Trinajstić information content (AvgIpc) is 2.65. The molecule has 2 aromatic rings. The Morgan fingerprint density at radius 2 is 1.36 bits per heavy atom. The number of phenolic OH excluding ortho intramolecular Hbond substituents is 2. The minimum absolute atomic E-state index is 0.0187. The second kappa shape index (κ2) is 10.8. The molecule has 0 aliphatic carbocycles. The van der Waals surface area contributed by atoms with Crippen molar-refractivity contribution in [3.05, 3.63) is 53.6 Å². The number of aromatic hydroxyl groups is 2. The van der Waals surface area contributed by atoms with Gasteiger partial charge in [-0.15, -0.1) is 0 Å². The lowest BCUT2D eigenvalue weighted by Gasteiger charge is -2.08. The van der Waals surface area contributed by atoms with Crippen LogP contribution in [-0.4, -0.2) is 51.6 Å². The van der Waals surface area contributed by atoms with Crippen LogP contribution in [0, 0.1) is 0 Å². The van der Waals surface area contributed by atoms with Crippen LogP contribution in [0.1, 0.15) is 11.1 Å². The highest BCUT2D eigenvalue weighted by atomic mass is 16.5. The first kappa shape index (κ1) is 22.7. The molecule has 0 aliphatic rings. The predicted molar refractivity (Wildman–Crippen MR) is 101 cm³/mol. The molecule has 0 saturated heterocycles. The van der Waals surface area contributed by atoms with Gasteiger partial charge in [-0.1, -0.05) is 18.2 Å². The van der Waals surface area contributed by atoms with Crippen LogP contribution in [0.2, 0.25) is 0 Å². The van der Waals surface area contributed by atoms with Crippen LogP contribution in [0.25, 0.3) is 0 Å². The summed E-state index contributed by atoms with van der Waals surface area (Å²) in [6, 6.07) is 9.11. The Hall–Kier alpha value is -3.30. The molecule has 0 spiro atoms. The molecule has 0 radical (unpaired) electrons. The van der Waals surface area contributed by atoms with Gasteiger partial charge in [-0.25, -0.2) is 0 Å². The van der Waals surface area contributed by atoms with Crippen LogP contribution in [-0.2, 0) is 22.4 Å². The Morgan fingerprint density at radius 3 is 1.82 bits per heavy atom. The quantitative estimate of drug-likeness (QED) is 0.396. The second-order valence-electron chi connectivity index (χ2n) is 5.97. The van der Waals surface area contributed by atoms with Crippen LogP contribution in [0.5, 0.6) is 17.2 Å². The normalized spacial score (nSPS) is 12.2. The van der Waals surface area contributed by atoms with Gasteiger partial charge in [0.1, 0.15) is 17.8 Å². The molecule has 0 aliphatic heterocycles. The maximum Gasteiger partial charge on any atom is 0.320 e. The first-order valence-electron chi connectivity index (χ1n) is 8.24. The number of carbonyl (C=O) groups is 2. The van der Waals surface area contributed by atoms with Crippen molar-refractivity contribution in [2.24, 2.45) is 11.5 Å². The number of hydrogen-bond acceptors (Lipinski definition) is 7. The molecule has 9 heteroatoms. The van der Waals surface area contributed by atoms with Crippen molar-refractivity contribution in [2.45, 2.75) is 24.9 Å². The number of methoxy groups -OCH3 is 1. The van der Waals surface area contributed by atoms with Crippen molar-refractivity contribution < 1.29 is 34.8 Å². The Labute approximate surface area is 161 Å². The molecule has 0 fully saturated rings. The maximum absolute atomic E-state index is 10.5. The number of ether oxygens (including phenoxy) is 1. The molecule has 8 N–H and O–H groups in total. The molecular formula is C19H24N2O7. The third kappa shape index (κ3) is 7.52. The summed E-state index contributed by atoms with van der Waals surface area (Å²) in [5.41, 5.74) is 12.2. The molecule has 28 heavy (non-hydrogen) atoms. The second-order valence-corrected chi connectivity index (χ2v) is 5.97. The minimum Gasteiger partial charge on any atom is -0.508 e. The summed E-state index contributed by atoms with van der Waals surface area (Å²) < 4.78 is 4.89. The number of rotatable bonds is 7. The Kier molecular flexibility index (Phi) is 8.73. The number of hydrogen-bond donors (Lipinski definition) is 6. The monoisotopic (exact) mass is 392 g/mol. The van der Waals surface area contributed by atoms with E-state index < -0.39 is 24.0 Å². The summed E-state index contributed by atoms with van der Waals surface area (Å²) in [6.45, 7) is 0. The number of nitrogens with two attached hydrogens (primary N) is 2. The van der Waals surface area contributed by atoms with Crippen molar-refractivity contribution in [2.75, 3.05) is 7.11 Å². The molecule has 0 unspecified atom stereocenters. The van der Waals surface area contributed by atoms with Gasteiger partial charge >= 0.3 is 11.9 Å². The van der Waals surface area contributed by atoms with Crippen molar-refractivity contribution in [1.29, 1.82) is 0 Å². The SMILES string of the molecule is COc1cc(C[C@H](N)C(=O)O)ccc1O.N[C@@H](Cc1ccc(O)cc1)C(=O)O. The van der Waals surface area contributed by atoms with Gasteiger partial charge in [0.05, 0.1) is 7.11 Å².